The Labute approximate surface area is 148 Å². The van der Waals surface area contributed by atoms with Crippen LogP contribution in [0.2, 0.25) is 0 Å². The van der Waals surface area contributed by atoms with Crippen molar-refractivity contribution in [2.75, 3.05) is 25.0 Å². The van der Waals surface area contributed by atoms with E-state index in [1.807, 2.05) is 30.2 Å². The summed E-state index contributed by atoms with van der Waals surface area (Å²) >= 11 is 0. The lowest BCUT2D eigenvalue weighted by atomic mass is 10.0. The van der Waals surface area contributed by atoms with Crippen LogP contribution in [0.5, 0.6) is 0 Å². The number of aromatic nitrogens is 4. The van der Waals surface area contributed by atoms with E-state index in [1.165, 1.54) is 0 Å². The fourth-order valence-electron chi connectivity index (χ4n) is 3.37. The summed E-state index contributed by atoms with van der Waals surface area (Å²) in [4.78, 5) is 20.8. The highest BCUT2D eigenvalue weighted by Gasteiger charge is 2.25. The van der Waals surface area contributed by atoms with E-state index in [4.69, 9.17) is 0 Å². The van der Waals surface area contributed by atoms with E-state index in [2.05, 4.69) is 31.7 Å². The van der Waals surface area contributed by atoms with Crippen LogP contribution in [-0.2, 0) is 11.3 Å². The van der Waals surface area contributed by atoms with Crippen molar-refractivity contribution >= 4 is 11.7 Å². The van der Waals surface area contributed by atoms with E-state index in [0.29, 0.717) is 12.5 Å². The zero-order chi connectivity index (χ0) is 17.6. The number of rotatable bonds is 6. The highest BCUT2D eigenvalue weighted by atomic mass is 16.2. The predicted octanol–water partition coefficient (Wildman–Crippen LogP) is 1.89. The summed E-state index contributed by atoms with van der Waals surface area (Å²) in [5, 5.41) is 8.11. The Morgan fingerprint density at radius 3 is 2.76 bits per heavy atom. The lowest BCUT2D eigenvalue weighted by molar-refractivity contribution is -0.132. The average molecular weight is 342 g/mol. The fraction of sp³-hybridized carbons (Fsp3) is 0.556. The van der Waals surface area contributed by atoms with Crippen LogP contribution in [0.4, 0.5) is 5.82 Å². The minimum absolute atomic E-state index is 0.262. The van der Waals surface area contributed by atoms with Gasteiger partial charge in [0.25, 0.3) is 0 Å². The van der Waals surface area contributed by atoms with Crippen molar-refractivity contribution in [3.63, 3.8) is 0 Å². The minimum Gasteiger partial charge on any atom is -0.355 e. The molecule has 0 radical (unpaired) electrons. The SMILES string of the molecule is Cc1nccn1CCCC(=O)N1CCC(N(C)c2cccnn2)CC1. The van der Waals surface area contributed by atoms with Gasteiger partial charge in [0.05, 0.1) is 0 Å². The minimum atomic E-state index is 0.262. The second-order valence-electron chi connectivity index (χ2n) is 6.58. The van der Waals surface area contributed by atoms with E-state index in [1.54, 1.807) is 12.4 Å². The number of hydrogen-bond acceptors (Lipinski definition) is 5. The molecule has 1 aliphatic rings. The first kappa shape index (κ1) is 17.4. The summed E-state index contributed by atoms with van der Waals surface area (Å²) in [6.45, 7) is 4.47. The smallest absolute Gasteiger partial charge is 0.222 e. The second-order valence-corrected chi connectivity index (χ2v) is 6.58. The highest BCUT2D eigenvalue weighted by Crippen LogP contribution is 2.20. The Morgan fingerprint density at radius 1 is 1.32 bits per heavy atom. The molecule has 0 aromatic carbocycles. The molecule has 0 saturated carbocycles. The van der Waals surface area contributed by atoms with Gasteiger partial charge in [-0.15, -0.1) is 5.10 Å². The van der Waals surface area contributed by atoms with Gasteiger partial charge in [0, 0.05) is 57.7 Å². The van der Waals surface area contributed by atoms with Gasteiger partial charge < -0.3 is 14.4 Å². The van der Waals surface area contributed by atoms with E-state index >= 15 is 0 Å². The van der Waals surface area contributed by atoms with Crippen LogP contribution in [0.15, 0.2) is 30.7 Å². The van der Waals surface area contributed by atoms with Crippen LogP contribution < -0.4 is 4.90 Å². The zero-order valence-corrected chi connectivity index (χ0v) is 15.0. The summed E-state index contributed by atoms with van der Waals surface area (Å²) in [5.74, 6) is 2.15. The third-order valence-corrected chi connectivity index (χ3v) is 5.00. The summed E-state index contributed by atoms with van der Waals surface area (Å²) < 4.78 is 2.09. The summed E-state index contributed by atoms with van der Waals surface area (Å²) in [7, 11) is 2.06. The van der Waals surface area contributed by atoms with Crippen molar-refractivity contribution in [1.29, 1.82) is 0 Å². The number of carbonyl (C=O) groups is 1. The number of hydrogen-bond donors (Lipinski definition) is 0. The maximum Gasteiger partial charge on any atom is 0.222 e. The van der Waals surface area contributed by atoms with Crippen LogP contribution in [0.25, 0.3) is 0 Å². The Balaban J connectivity index is 1.42. The third-order valence-electron chi connectivity index (χ3n) is 5.00. The monoisotopic (exact) mass is 342 g/mol. The molecule has 0 bridgehead atoms. The molecule has 7 heteroatoms. The normalized spacial score (nSPS) is 15.4. The number of imidazole rings is 1. The molecule has 7 nitrogen and oxygen atoms in total. The third kappa shape index (κ3) is 4.35. The maximum atomic E-state index is 12.4. The van der Waals surface area contributed by atoms with E-state index < -0.39 is 0 Å². The fourth-order valence-corrected chi connectivity index (χ4v) is 3.37. The molecule has 0 aliphatic carbocycles. The lowest BCUT2D eigenvalue weighted by Crippen LogP contribution is -2.45. The summed E-state index contributed by atoms with van der Waals surface area (Å²) in [5.41, 5.74) is 0. The molecule has 3 rings (SSSR count). The van der Waals surface area contributed by atoms with Gasteiger partial charge in [-0.1, -0.05) is 0 Å². The predicted molar refractivity (Wildman–Crippen MR) is 96.2 cm³/mol. The number of carbonyl (C=O) groups excluding carboxylic acids is 1. The van der Waals surface area contributed by atoms with Crippen molar-refractivity contribution in [2.24, 2.45) is 0 Å². The average Bonchev–Trinajstić information content (AvgIpc) is 3.07. The molecule has 1 fully saturated rings. The molecular formula is C18H26N6O. The van der Waals surface area contributed by atoms with Crippen LogP contribution in [0, 0.1) is 6.92 Å². The quantitative estimate of drug-likeness (QED) is 0.802. The molecule has 0 unspecified atom stereocenters. The van der Waals surface area contributed by atoms with Crippen LogP contribution in [0.3, 0.4) is 0 Å². The van der Waals surface area contributed by atoms with Crippen LogP contribution >= 0.6 is 0 Å². The summed E-state index contributed by atoms with van der Waals surface area (Å²) in [6.07, 6.45) is 8.85. The zero-order valence-electron chi connectivity index (χ0n) is 15.0. The standard InChI is InChI=1S/C18H26N6O/c1-15-19-10-14-23(15)11-4-6-18(25)24-12-7-16(8-13-24)22(2)17-5-3-9-20-21-17/h3,5,9-10,14,16H,4,6-8,11-13H2,1-2H3. The maximum absolute atomic E-state index is 12.4. The topological polar surface area (TPSA) is 67.2 Å². The van der Waals surface area contributed by atoms with Gasteiger partial charge in [0.2, 0.25) is 5.91 Å². The van der Waals surface area contributed by atoms with Crippen molar-refractivity contribution < 1.29 is 4.79 Å². The molecule has 3 heterocycles. The summed E-state index contributed by atoms with van der Waals surface area (Å²) in [6, 6.07) is 4.29. The second kappa shape index (κ2) is 8.09. The number of piperidine rings is 1. The highest BCUT2D eigenvalue weighted by molar-refractivity contribution is 5.76. The van der Waals surface area contributed by atoms with Gasteiger partial charge >= 0.3 is 0 Å². The van der Waals surface area contributed by atoms with Crippen molar-refractivity contribution in [2.45, 2.75) is 45.2 Å². The first-order chi connectivity index (χ1) is 12.1. The van der Waals surface area contributed by atoms with Gasteiger partial charge in [-0.3, -0.25) is 4.79 Å². The van der Waals surface area contributed by atoms with E-state index in [0.717, 1.165) is 50.5 Å². The molecular weight excluding hydrogens is 316 g/mol. The molecule has 0 atom stereocenters. The first-order valence-corrected chi connectivity index (χ1v) is 8.91. The van der Waals surface area contributed by atoms with Crippen molar-refractivity contribution in [3.8, 4) is 0 Å². The van der Waals surface area contributed by atoms with Gasteiger partial charge in [0.1, 0.15) is 5.82 Å². The number of amides is 1. The Morgan fingerprint density at radius 2 is 2.12 bits per heavy atom. The molecule has 1 amide bonds. The molecule has 0 spiro atoms. The molecule has 0 N–H and O–H groups in total. The number of nitrogens with zero attached hydrogens (tertiary/aromatic N) is 6. The molecule has 134 valence electrons. The van der Waals surface area contributed by atoms with Gasteiger partial charge in [0.15, 0.2) is 5.82 Å². The largest absolute Gasteiger partial charge is 0.355 e. The molecule has 2 aromatic heterocycles. The number of anilines is 1. The van der Waals surface area contributed by atoms with E-state index in [-0.39, 0.29) is 5.91 Å². The van der Waals surface area contributed by atoms with E-state index in [9.17, 15) is 4.79 Å². The lowest BCUT2D eigenvalue weighted by Gasteiger charge is -2.37. The van der Waals surface area contributed by atoms with Crippen LogP contribution in [0.1, 0.15) is 31.5 Å². The first-order valence-electron chi connectivity index (χ1n) is 8.91. The molecule has 1 aliphatic heterocycles. The van der Waals surface area contributed by atoms with Gasteiger partial charge in [-0.2, -0.15) is 5.10 Å². The number of likely N-dealkylation sites (tertiary alicyclic amines) is 1. The Hall–Kier alpha value is -2.44. The van der Waals surface area contributed by atoms with Crippen LogP contribution in [-0.4, -0.2) is 56.7 Å². The van der Waals surface area contributed by atoms with Crippen molar-refractivity contribution in [3.05, 3.63) is 36.5 Å². The Kier molecular flexibility index (Phi) is 5.63. The molecule has 1 saturated heterocycles. The Bertz CT molecular complexity index is 678. The van der Waals surface area contributed by atoms with Crippen molar-refractivity contribution in [1.82, 2.24) is 24.6 Å². The van der Waals surface area contributed by atoms with Gasteiger partial charge in [-0.25, -0.2) is 4.98 Å². The molecule has 25 heavy (non-hydrogen) atoms. The number of aryl methyl sites for hydroxylation is 2. The van der Waals surface area contributed by atoms with Gasteiger partial charge in [-0.05, 0) is 38.3 Å². The molecule has 2 aromatic rings.